The predicted octanol–water partition coefficient (Wildman–Crippen LogP) is 2.17. The van der Waals surface area contributed by atoms with Crippen LogP contribution >= 0.6 is 11.3 Å². The van der Waals surface area contributed by atoms with E-state index < -0.39 is 0 Å². The monoisotopic (exact) mass is 261 g/mol. The number of aliphatic hydroxyl groups is 1. The smallest absolute Gasteiger partial charge is 0.132 e. The minimum atomic E-state index is -0.153. The fraction of sp³-hybridized carbons (Fsp3) is 0.385. The molecule has 0 bridgehead atoms. The molecule has 1 aliphatic rings. The second-order valence-corrected chi connectivity index (χ2v) is 5.27. The topological polar surface area (TPSA) is 49.2 Å². The molecule has 0 saturated carbocycles. The van der Waals surface area contributed by atoms with Crippen LogP contribution in [0.2, 0.25) is 0 Å². The SMILES string of the molecule is OC1CCN(c2cc(-c3ccsc3)ncn2)CC1. The lowest BCUT2D eigenvalue weighted by Gasteiger charge is -2.30. The number of anilines is 1. The third kappa shape index (κ3) is 2.37. The fourth-order valence-corrected chi connectivity index (χ4v) is 2.83. The van der Waals surface area contributed by atoms with Crippen molar-refractivity contribution in [3.8, 4) is 11.3 Å². The number of piperidine rings is 1. The average Bonchev–Trinajstić information content (AvgIpc) is 2.94. The summed E-state index contributed by atoms with van der Waals surface area (Å²) in [7, 11) is 0. The number of thiophene rings is 1. The third-order valence-electron chi connectivity index (χ3n) is 3.26. The Balaban J connectivity index is 1.83. The Labute approximate surface area is 110 Å². The highest BCUT2D eigenvalue weighted by Gasteiger charge is 2.18. The maximum atomic E-state index is 9.52. The van der Waals surface area contributed by atoms with Gasteiger partial charge < -0.3 is 10.0 Å². The van der Waals surface area contributed by atoms with Crippen LogP contribution in [-0.4, -0.2) is 34.3 Å². The molecule has 0 spiro atoms. The molecule has 3 rings (SSSR count). The molecular weight excluding hydrogens is 246 g/mol. The van der Waals surface area contributed by atoms with Gasteiger partial charge in [0.2, 0.25) is 0 Å². The number of nitrogens with zero attached hydrogens (tertiary/aromatic N) is 3. The lowest BCUT2D eigenvalue weighted by Crippen LogP contribution is -2.36. The van der Waals surface area contributed by atoms with Crippen LogP contribution in [0.3, 0.4) is 0 Å². The average molecular weight is 261 g/mol. The third-order valence-corrected chi connectivity index (χ3v) is 3.94. The van der Waals surface area contributed by atoms with Crippen molar-refractivity contribution in [2.75, 3.05) is 18.0 Å². The van der Waals surface area contributed by atoms with Crippen molar-refractivity contribution in [3.05, 3.63) is 29.2 Å². The Morgan fingerprint density at radius 1 is 1.28 bits per heavy atom. The first-order valence-electron chi connectivity index (χ1n) is 6.10. The summed E-state index contributed by atoms with van der Waals surface area (Å²) in [5.41, 5.74) is 2.10. The van der Waals surface area contributed by atoms with E-state index in [0.29, 0.717) is 0 Å². The lowest BCUT2D eigenvalue weighted by atomic mass is 10.1. The highest BCUT2D eigenvalue weighted by atomic mass is 32.1. The number of aromatic nitrogens is 2. The van der Waals surface area contributed by atoms with Gasteiger partial charge in [-0.2, -0.15) is 11.3 Å². The lowest BCUT2D eigenvalue weighted by molar-refractivity contribution is 0.145. The summed E-state index contributed by atoms with van der Waals surface area (Å²) in [6.07, 6.45) is 3.10. The van der Waals surface area contributed by atoms with Crippen LogP contribution in [0.25, 0.3) is 11.3 Å². The summed E-state index contributed by atoms with van der Waals surface area (Å²) in [5, 5.41) is 13.7. The maximum Gasteiger partial charge on any atom is 0.132 e. The second-order valence-electron chi connectivity index (χ2n) is 4.49. The van der Waals surface area contributed by atoms with E-state index in [1.807, 2.05) is 11.4 Å². The molecule has 0 atom stereocenters. The molecule has 1 fully saturated rings. The molecular formula is C13H15N3OS. The van der Waals surface area contributed by atoms with Crippen LogP contribution in [0.15, 0.2) is 29.2 Å². The second kappa shape index (κ2) is 5.04. The van der Waals surface area contributed by atoms with Gasteiger partial charge in [0.15, 0.2) is 0 Å². The Kier molecular flexibility index (Phi) is 3.25. The molecule has 0 radical (unpaired) electrons. The molecule has 0 aliphatic carbocycles. The van der Waals surface area contributed by atoms with Crippen molar-refractivity contribution in [3.63, 3.8) is 0 Å². The summed E-state index contributed by atoms with van der Waals surface area (Å²) in [6, 6.07) is 4.09. The van der Waals surface area contributed by atoms with E-state index in [2.05, 4.69) is 26.3 Å². The standard InChI is InChI=1S/C13H15N3OS/c17-11-1-4-16(5-2-11)13-7-12(14-9-15-13)10-3-6-18-8-10/h3,6-9,11,17H,1-2,4-5H2. The first kappa shape index (κ1) is 11.6. The number of hydrogen-bond acceptors (Lipinski definition) is 5. The number of hydrogen-bond donors (Lipinski definition) is 1. The summed E-state index contributed by atoms with van der Waals surface area (Å²) < 4.78 is 0. The van der Waals surface area contributed by atoms with Crippen molar-refractivity contribution in [2.24, 2.45) is 0 Å². The van der Waals surface area contributed by atoms with Crippen LogP contribution in [0.1, 0.15) is 12.8 Å². The van der Waals surface area contributed by atoms with E-state index in [0.717, 1.165) is 43.0 Å². The molecule has 0 amide bonds. The first-order valence-corrected chi connectivity index (χ1v) is 7.05. The van der Waals surface area contributed by atoms with Gasteiger partial charge in [0, 0.05) is 30.1 Å². The molecule has 1 aliphatic heterocycles. The molecule has 0 aromatic carbocycles. The van der Waals surface area contributed by atoms with Gasteiger partial charge in [-0.1, -0.05) is 0 Å². The quantitative estimate of drug-likeness (QED) is 0.900. The summed E-state index contributed by atoms with van der Waals surface area (Å²) in [4.78, 5) is 10.9. The Morgan fingerprint density at radius 3 is 2.83 bits per heavy atom. The van der Waals surface area contributed by atoms with Gasteiger partial charge >= 0.3 is 0 Å². The van der Waals surface area contributed by atoms with Crippen molar-refractivity contribution < 1.29 is 5.11 Å². The largest absolute Gasteiger partial charge is 0.393 e. The highest BCUT2D eigenvalue weighted by Crippen LogP contribution is 2.24. The summed E-state index contributed by atoms with van der Waals surface area (Å²) >= 11 is 1.67. The minimum absolute atomic E-state index is 0.153. The fourth-order valence-electron chi connectivity index (χ4n) is 2.18. The number of aliphatic hydroxyl groups excluding tert-OH is 1. The van der Waals surface area contributed by atoms with Crippen LogP contribution in [0.4, 0.5) is 5.82 Å². The van der Waals surface area contributed by atoms with Crippen LogP contribution in [-0.2, 0) is 0 Å². The zero-order chi connectivity index (χ0) is 12.4. The predicted molar refractivity (Wildman–Crippen MR) is 72.8 cm³/mol. The zero-order valence-electron chi connectivity index (χ0n) is 9.99. The molecule has 2 aromatic rings. The van der Waals surface area contributed by atoms with Gasteiger partial charge in [-0.05, 0) is 24.3 Å². The van der Waals surface area contributed by atoms with Crippen LogP contribution in [0, 0.1) is 0 Å². The zero-order valence-corrected chi connectivity index (χ0v) is 10.8. The van der Waals surface area contributed by atoms with E-state index in [4.69, 9.17) is 0 Å². The molecule has 94 valence electrons. The summed E-state index contributed by atoms with van der Waals surface area (Å²) in [5.74, 6) is 0.957. The van der Waals surface area contributed by atoms with E-state index in [1.54, 1.807) is 17.7 Å². The molecule has 3 heterocycles. The van der Waals surface area contributed by atoms with E-state index >= 15 is 0 Å². The van der Waals surface area contributed by atoms with Gasteiger partial charge in [-0.15, -0.1) is 0 Å². The van der Waals surface area contributed by atoms with Gasteiger partial charge in [-0.25, -0.2) is 9.97 Å². The first-order chi connectivity index (χ1) is 8.83. The van der Waals surface area contributed by atoms with Gasteiger partial charge in [0.25, 0.3) is 0 Å². The van der Waals surface area contributed by atoms with Gasteiger partial charge in [0.1, 0.15) is 12.1 Å². The van der Waals surface area contributed by atoms with Crippen LogP contribution < -0.4 is 4.90 Å². The molecule has 0 unspecified atom stereocenters. The Morgan fingerprint density at radius 2 is 2.11 bits per heavy atom. The minimum Gasteiger partial charge on any atom is -0.393 e. The van der Waals surface area contributed by atoms with E-state index in [1.165, 1.54) is 0 Å². The molecule has 5 heteroatoms. The maximum absolute atomic E-state index is 9.52. The van der Waals surface area contributed by atoms with Crippen molar-refractivity contribution in [1.82, 2.24) is 9.97 Å². The summed E-state index contributed by atoms with van der Waals surface area (Å²) in [6.45, 7) is 1.72. The molecule has 1 saturated heterocycles. The molecule has 4 nitrogen and oxygen atoms in total. The Hall–Kier alpha value is -1.46. The van der Waals surface area contributed by atoms with Gasteiger partial charge in [-0.3, -0.25) is 0 Å². The highest BCUT2D eigenvalue weighted by molar-refractivity contribution is 7.08. The van der Waals surface area contributed by atoms with Crippen molar-refractivity contribution in [1.29, 1.82) is 0 Å². The van der Waals surface area contributed by atoms with E-state index in [-0.39, 0.29) is 6.10 Å². The molecule has 1 N–H and O–H groups in total. The van der Waals surface area contributed by atoms with Gasteiger partial charge in [0.05, 0.1) is 11.8 Å². The Bertz CT molecular complexity index is 507. The van der Waals surface area contributed by atoms with E-state index in [9.17, 15) is 5.11 Å². The molecule has 18 heavy (non-hydrogen) atoms. The van der Waals surface area contributed by atoms with Crippen molar-refractivity contribution >= 4 is 17.2 Å². The molecule has 2 aromatic heterocycles. The van der Waals surface area contributed by atoms with Crippen molar-refractivity contribution in [2.45, 2.75) is 18.9 Å². The van der Waals surface area contributed by atoms with Crippen LogP contribution in [0.5, 0.6) is 0 Å². The number of rotatable bonds is 2. The normalized spacial score (nSPS) is 17.1.